The van der Waals surface area contributed by atoms with Crippen molar-refractivity contribution in [3.05, 3.63) is 81.0 Å². The Morgan fingerprint density at radius 3 is 2.17 bits per heavy atom. The number of hydrogen-bond acceptors (Lipinski definition) is 10. The number of fused-ring (bicyclic) bond motifs is 1. The second-order valence-electron chi connectivity index (χ2n) is 14.8. The first kappa shape index (κ1) is 40.4. The summed E-state index contributed by atoms with van der Waals surface area (Å²) in [6.07, 6.45) is -0.138. The van der Waals surface area contributed by atoms with E-state index in [0.29, 0.717) is 35.6 Å². The lowest BCUT2D eigenvalue weighted by molar-refractivity contribution is -0.139. The Hall–Kier alpha value is -5.37. The SMILES string of the molecule is CC(=O)CN(Cc1csc(C(C)=O)c1)C(=O)C1CCc2cc(OC(=O)c3ccc(N/C(=N\C(=O)OC(C)(C)C)NC(=O)OC(C)(C)C)cc3)ccc2C1. The Bertz CT molecular complexity index is 1900. The van der Waals surface area contributed by atoms with Gasteiger partial charge in [0.2, 0.25) is 11.9 Å². The molecular formula is C39H46N4O9S. The van der Waals surface area contributed by atoms with E-state index in [9.17, 15) is 28.8 Å². The molecule has 1 unspecified atom stereocenters. The lowest BCUT2D eigenvalue weighted by Crippen LogP contribution is -2.40. The largest absolute Gasteiger partial charge is 0.444 e. The zero-order valence-electron chi connectivity index (χ0n) is 31.3. The maximum Gasteiger partial charge on any atom is 0.437 e. The Morgan fingerprint density at radius 2 is 1.57 bits per heavy atom. The van der Waals surface area contributed by atoms with E-state index >= 15 is 0 Å². The van der Waals surface area contributed by atoms with Crippen LogP contribution in [0.4, 0.5) is 15.3 Å². The van der Waals surface area contributed by atoms with Crippen molar-refractivity contribution in [3.63, 3.8) is 0 Å². The van der Waals surface area contributed by atoms with Crippen LogP contribution in [0.25, 0.3) is 0 Å². The van der Waals surface area contributed by atoms with Gasteiger partial charge < -0.3 is 24.4 Å². The molecule has 2 N–H and O–H groups in total. The number of nitrogens with one attached hydrogen (secondary N) is 2. The number of nitrogens with zero attached hydrogens (tertiary/aromatic N) is 2. The molecule has 1 heterocycles. The first-order valence-electron chi connectivity index (χ1n) is 17.1. The number of carbonyl (C=O) groups excluding carboxylic acids is 6. The van der Waals surface area contributed by atoms with Crippen molar-refractivity contribution >= 4 is 58.6 Å². The van der Waals surface area contributed by atoms with E-state index in [4.69, 9.17) is 14.2 Å². The number of aryl methyl sites for hydroxylation is 1. The molecule has 1 atom stereocenters. The van der Waals surface area contributed by atoms with Gasteiger partial charge in [-0.1, -0.05) is 6.07 Å². The van der Waals surface area contributed by atoms with Gasteiger partial charge >= 0.3 is 18.2 Å². The van der Waals surface area contributed by atoms with Gasteiger partial charge in [-0.3, -0.25) is 19.7 Å². The molecule has 3 aromatic rings. The van der Waals surface area contributed by atoms with Crippen molar-refractivity contribution < 1.29 is 43.0 Å². The second kappa shape index (κ2) is 17.0. The summed E-state index contributed by atoms with van der Waals surface area (Å²) in [7, 11) is 0. The van der Waals surface area contributed by atoms with Crippen LogP contribution >= 0.6 is 11.3 Å². The first-order chi connectivity index (χ1) is 24.7. The van der Waals surface area contributed by atoms with Gasteiger partial charge in [-0.15, -0.1) is 16.3 Å². The lowest BCUT2D eigenvalue weighted by atomic mass is 9.83. The van der Waals surface area contributed by atoms with Gasteiger partial charge in [0.25, 0.3) is 0 Å². The number of carbonyl (C=O) groups is 6. The minimum atomic E-state index is -0.933. The number of hydrogen-bond donors (Lipinski definition) is 2. The van der Waals surface area contributed by atoms with Gasteiger partial charge in [0.1, 0.15) is 22.7 Å². The molecule has 0 saturated heterocycles. The van der Waals surface area contributed by atoms with E-state index in [2.05, 4.69) is 15.6 Å². The monoisotopic (exact) mass is 746 g/mol. The number of esters is 1. The maximum atomic E-state index is 13.6. The molecule has 0 aliphatic heterocycles. The van der Waals surface area contributed by atoms with Crippen LogP contribution in [0.3, 0.4) is 0 Å². The molecule has 1 aliphatic carbocycles. The van der Waals surface area contributed by atoms with Gasteiger partial charge in [-0.05, 0) is 139 Å². The quantitative estimate of drug-likeness (QED) is 0.0756. The Labute approximate surface area is 313 Å². The number of Topliss-reactive ketones (excluding diaryl/α,β-unsaturated/α-hetero) is 2. The standard InChI is InChI=1S/C39H46N4O9S/c1-23(44)20-43(21-25-17-32(24(2)45)53-22-25)33(46)29-10-9-28-19-31(16-13-27(28)18-29)50-34(47)26-11-14-30(15-12-26)40-35(41-36(48)51-38(3,4)5)42-37(49)52-39(6,7)8/h11-17,19,22,29H,9-10,18,20-21H2,1-8H3,(H2,40,41,42,48,49). The van der Waals surface area contributed by atoms with E-state index in [1.165, 1.54) is 37.3 Å². The van der Waals surface area contributed by atoms with Gasteiger partial charge in [0.05, 0.1) is 17.0 Å². The van der Waals surface area contributed by atoms with Crippen LogP contribution in [-0.4, -0.2) is 64.2 Å². The van der Waals surface area contributed by atoms with Gasteiger partial charge in [0.15, 0.2) is 5.78 Å². The van der Waals surface area contributed by atoms with Crippen LogP contribution < -0.4 is 15.4 Å². The van der Waals surface area contributed by atoms with Gasteiger partial charge in [-0.2, -0.15) is 0 Å². The summed E-state index contributed by atoms with van der Waals surface area (Å²) in [4.78, 5) is 81.3. The van der Waals surface area contributed by atoms with Crippen LogP contribution in [0, 0.1) is 5.92 Å². The number of ether oxygens (including phenoxy) is 3. The van der Waals surface area contributed by atoms with Gasteiger partial charge in [0, 0.05) is 18.2 Å². The third-order valence-corrected chi connectivity index (χ3v) is 8.74. The topological polar surface area (TPSA) is 170 Å². The summed E-state index contributed by atoms with van der Waals surface area (Å²) in [5, 5.41) is 7.09. The fourth-order valence-electron chi connectivity index (χ4n) is 5.46. The highest BCUT2D eigenvalue weighted by Crippen LogP contribution is 2.31. The van der Waals surface area contributed by atoms with Crippen LogP contribution in [0.5, 0.6) is 5.75 Å². The number of thiophene rings is 1. The molecule has 0 radical (unpaired) electrons. The Balaban J connectivity index is 1.39. The zero-order valence-corrected chi connectivity index (χ0v) is 32.1. The minimum Gasteiger partial charge on any atom is -0.444 e. The molecule has 0 bridgehead atoms. The number of rotatable bonds is 9. The molecule has 2 aromatic carbocycles. The summed E-state index contributed by atoms with van der Waals surface area (Å²) < 4.78 is 16.2. The summed E-state index contributed by atoms with van der Waals surface area (Å²) in [6.45, 7) is 13.3. The second-order valence-corrected chi connectivity index (χ2v) is 15.7. The van der Waals surface area contributed by atoms with Crippen LogP contribution in [0.2, 0.25) is 0 Å². The fourth-order valence-corrected chi connectivity index (χ4v) is 6.27. The maximum absolute atomic E-state index is 13.6. The number of alkyl carbamates (subject to hydrolysis) is 1. The third-order valence-electron chi connectivity index (χ3n) is 7.66. The lowest BCUT2D eigenvalue weighted by Gasteiger charge is -2.30. The number of amides is 3. The normalized spacial score (nSPS) is 14.3. The summed E-state index contributed by atoms with van der Waals surface area (Å²) in [5.41, 5.74) is 1.78. The number of benzene rings is 2. The van der Waals surface area contributed by atoms with Crippen molar-refractivity contribution in [1.29, 1.82) is 0 Å². The first-order valence-corrected chi connectivity index (χ1v) is 18.0. The summed E-state index contributed by atoms with van der Waals surface area (Å²) in [5.74, 6) is -1.08. The van der Waals surface area contributed by atoms with Gasteiger partial charge in [-0.25, -0.2) is 14.4 Å². The fraction of sp³-hybridized carbons (Fsp3) is 0.410. The van der Waals surface area contributed by atoms with Crippen LogP contribution in [0.15, 0.2) is 58.9 Å². The third kappa shape index (κ3) is 12.7. The van der Waals surface area contributed by atoms with E-state index < -0.39 is 29.4 Å². The molecule has 53 heavy (non-hydrogen) atoms. The van der Waals surface area contributed by atoms with Crippen molar-refractivity contribution in [2.24, 2.45) is 10.9 Å². The number of aliphatic imine (C=N–C) groups is 1. The number of guanidine groups is 1. The minimum absolute atomic E-state index is 0.0107. The Kier molecular flexibility index (Phi) is 12.9. The van der Waals surface area contributed by atoms with E-state index in [-0.39, 0.29) is 48.0 Å². The van der Waals surface area contributed by atoms with Crippen molar-refractivity contribution in [2.75, 3.05) is 11.9 Å². The predicted molar refractivity (Wildman–Crippen MR) is 200 cm³/mol. The van der Waals surface area contributed by atoms with Crippen molar-refractivity contribution in [1.82, 2.24) is 10.2 Å². The molecule has 4 rings (SSSR count). The Morgan fingerprint density at radius 1 is 0.887 bits per heavy atom. The highest BCUT2D eigenvalue weighted by Gasteiger charge is 2.30. The molecule has 282 valence electrons. The molecule has 14 heteroatoms. The average molecular weight is 747 g/mol. The average Bonchev–Trinajstić information content (AvgIpc) is 3.51. The van der Waals surface area contributed by atoms with Crippen LogP contribution in [-0.2, 0) is 38.4 Å². The molecular weight excluding hydrogens is 701 g/mol. The molecule has 1 aromatic heterocycles. The van der Waals surface area contributed by atoms with E-state index in [1.807, 2.05) is 11.4 Å². The molecule has 1 aliphatic rings. The highest BCUT2D eigenvalue weighted by molar-refractivity contribution is 7.12. The molecule has 3 amide bonds. The highest BCUT2D eigenvalue weighted by atomic mass is 32.1. The number of anilines is 1. The molecule has 0 saturated carbocycles. The van der Waals surface area contributed by atoms with Crippen molar-refractivity contribution in [3.8, 4) is 5.75 Å². The van der Waals surface area contributed by atoms with Crippen LogP contribution in [0.1, 0.15) is 98.5 Å². The zero-order chi connectivity index (χ0) is 39.1. The molecule has 13 nitrogen and oxygen atoms in total. The summed E-state index contributed by atoms with van der Waals surface area (Å²) in [6, 6.07) is 13.2. The molecule has 0 spiro atoms. The molecule has 0 fully saturated rings. The van der Waals surface area contributed by atoms with E-state index in [1.54, 1.807) is 76.8 Å². The smallest absolute Gasteiger partial charge is 0.437 e. The predicted octanol–water partition coefficient (Wildman–Crippen LogP) is 7.12. The number of ketones is 2. The summed E-state index contributed by atoms with van der Waals surface area (Å²) >= 11 is 1.32. The van der Waals surface area contributed by atoms with E-state index in [0.717, 1.165) is 16.7 Å². The van der Waals surface area contributed by atoms with Crippen molar-refractivity contribution in [2.45, 2.75) is 92.4 Å².